The van der Waals surface area contributed by atoms with Crippen LogP contribution in [0.5, 0.6) is 0 Å². The molecule has 0 amide bonds. The Morgan fingerprint density at radius 3 is 2.36 bits per heavy atom. The number of hydrogen-bond acceptors (Lipinski definition) is 2. The second-order valence-electron chi connectivity index (χ2n) is 2.86. The van der Waals surface area contributed by atoms with Crippen LogP contribution in [0.2, 0.25) is 0 Å². The molecule has 2 rings (SSSR count). The van der Waals surface area contributed by atoms with E-state index in [-0.39, 0.29) is 5.56 Å². The largest absolute Gasteiger partial charge is 0.478 e. The number of rotatable bonds is 2. The minimum atomic E-state index is -0.920. The Morgan fingerprint density at radius 2 is 1.86 bits per heavy atom. The molecule has 0 aliphatic heterocycles. The van der Waals surface area contributed by atoms with E-state index in [0.29, 0.717) is 0 Å². The molecule has 14 heavy (non-hydrogen) atoms. The fourth-order valence-corrected chi connectivity index (χ4v) is 1.22. The highest BCUT2D eigenvalue weighted by Gasteiger charge is 2.03. The minimum Gasteiger partial charge on any atom is -0.478 e. The maximum Gasteiger partial charge on any atom is 0.335 e. The van der Waals surface area contributed by atoms with Crippen LogP contribution in [0.25, 0.3) is 11.3 Å². The van der Waals surface area contributed by atoms with Crippen molar-refractivity contribution in [2.24, 2.45) is 0 Å². The van der Waals surface area contributed by atoms with Gasteiger partial charge in [-0.05, 0) is 24.3 Å². The van der Waals surface area contributed by atoms with Gasteiger partial charge in [0.2, 0.25) is 0 Å². The maximum absolute atomic E-state index is 10.6. The van der Waals surface area contributed by atoms with Gasteiger partial charge in [0.1, 0.15) is 5.76 Å². The van der Waals surface area contributed by atoms with Gasteiger partial charge in [-0.3, -0.25) is 0 Å². The highest BCUT2D eigenvalue weighted by molar-refractivity contribution is 5.88. The molecule has 0 atom stereocenters. The van der Waals surface area contributed by atoms with Crippen molar-refractivity contribution < 1.29 is 14.3 Å². The van der Waals surface area contributed by atoms with E-state index >= 15 is 0 Å². The maximum atomic E-state index is 10.6. The number of carboxylic acid groups (broad SMARTS) is 1. The lowest BCUT2D eigenvalue weighted by Gasteiger charge is -1.97. The highest BCUT2D eigenvalue weighted by atomic mass is 16.4. The van der Waals surface area contributed by atoms with Crippen LogP contribution in [0.15, 0.2) is 47.1 Å². The second-order valence-corrected chi connectivity index (χ2v) is 2.86. The molecule has 0 saturated carbocycles. The van der Waals surface area contributed by atoms with Gasteiger partial charge in [0, 0.05) is 5.56 Å². The molecule has 1 N–H and O–H groups in total. The van der Waals surface area contributed by atoms with Crippen molar-refractivity contribution >= 4 is 5.97 Å². The monoisotopic (exact) mass is 188 g/mol. The summed E-state index contributed by atoms with van der Waals surface area (Å²) in [5.74, 6) is -0.182. The second kappa shape index (κ2) is 3.38. The molecule has 3 heteroatoms. The Bertz CT molecular complexity index is 426. The summed E-state index contributed by atoms with van der Waals surface area (Å²) in [5, 5.41) is 8.68. The van der Waals surface area contributed by atoms with E-state index in [4.69, 9.17) is 9.52 Å². The minimum absolute atomic E-state index is 0.278. The Balaban J connectivity index is 2.36. The molecule has 1 aromatic heterocycles. The third-order valence-electron chi connectivity index (χ3n) is 1.94. The fourth-order valence-electron chi connectivity index (χ4n) is 1.22. The lowest BCUT2D eigenvalue weighted by molar-refractivity contribution is 0.0697. The quantitative estimate of drug-likeness (QED) is 0.788. The fraction of sp³-hybridized carbons (Fsp3) is 0. The molecule has 70 valence electrons. The van der Waals surface area contributed by atoms with Gasteiger partial charge < -0.3 is 9.52 Å². The molecule has 0 fully saturated rings. The van der Waals surface area contributed by atoms with Gasteiger partial charge in [-0.15, -0.1) is 0 Å². The summed E-state index contributed by atoms with van der Waals surface area (Å²) in [5.41, 5.74) is 1.15. The Morgan fingerprint density at radius 1 is 1.14 bits per heavy atom. The number of hydrogen-bond donors (Lipinski definition) is 1. The number of carbonyl (C=O) groups is 1. The van der Waals surface area contributed by atoms with E-state index in [1.807, 2.05) is 6.07 Å². The van der Waals surface area contributed by atoms with Gasteiger partial charge in [0.25, 0.3) is 0 Å². The van der Waals surface area contributed by atoms with E-state index in [2.05, 4.69) is 0 Å². The first-order valence-corrected chi connectivity index (χ1v) is 4.14. The molecule has 0 radical (unpaired) electrons. The van der Waals surface area contributed by atoms with Crippen LogP contribution in [0.1, 0.15) is 10.4 Å². The van der Waals surface area contributed by atoms with Gasteiger partial charge in [0.15, 0.2) is 0 Å². The first kappa shape index (κ1) is 8.56. The van der Waals surface area contributed by atoms with Crippen molar-refractivity contribution in [1.29, 1.82) is 0 Å². The van der Waals surface area contributed by atoms with Crippen LogP contribution in [0.4, 0.5) is 0 Å². The molecule has 0 aliphatic rings. The van der Waals surface area contributed by atoms with Gasteiger partial charge in [-0.25, -0.2) is 4.79 Å². The SMILES string of the molecule is O=C(O)c1ccc(-c2ccco2)cc1. The molecule has 0 unspecified atom stereocenters. The van der Waals surface area contributed by atoms with E-state index in [0.717, 1.165) is 11.3 Å². The zero-order valence-electron chi connectivity index (χ0n) is 7.31. The molecule has 0 bridgehead atoms. The van der Waals surface area contributed by atoms with Gasteiger partial charge in [-0.1, -0.05) is 12.1 Å². The normalized spacial score (nSPS) is 10.0. The van der Waals surface area contributed by atoms with Crippen LogP contribution in [0, 0.1) is 0 Å². The van der Waals surface area contributed by atoms with Crippen molar-refractivity contribution in [1.82, 2.24) is 0 Å². The third-order valence-corrected chi connectivity index (χ3v) is 1.94. The molecule has 0 saturated heterocycles. The summed E-state index contributed by atoms with van der Waals surface area (Å²) in [6, 6.07) is 10.2. The average molecular weight is 188 g/mol. The summed E-state index contributed by atoms with van der Waals surface area (Å²) in [7, 11) is 0. The van der Waals surface area contributed by atoms with Crippen molar-refractivity contribution in [3.63, 3.8) is 0 Å². The van der Waals surface area contributed by atoms with E-state index < -0.39 is 5.97 Å². The topological polar surface area (TPSA) is 50.4 Å². The number of carboxylic acids is 1. The summed E-state index contributed by atoms with van der Waals surface area (Å²) in [6.45, 7) is 0. The van der Waals surface area contributed by atoms with Crippen LogP contribution in [-0.4, -0.2) is 11.1 Å². The Hall–Kier alpha value is -2.03. The Labute approximate surface area is 80.6 Å². The molecule has 2 aromatic rings. The number of furan rings is 1. The first-order chi connectivity index (χ1) is 6.77. The lowest BCUT2D eigenvalue weighted by Crippen LogP contribution is -1.94. The van der Waals surface area contributed by atoms with Crippen molar-refractivity contribution in [2.45, 2.75) is 0 Å². The number of benzene rings is 1. The van der Waals surface area contributed by atoms with Gasteiger partial charge in [0.05, 0.1) is 11.8 Å². The first-order valence-electron chi connectivity index (χ1n) is 4.14. The van der Waals surface area contributed by atoms with Crippen molar-refractivity contribution in [3.8, 4) is 11.3 Å². The lowest BCUT2D eigenvalue weighted by atomic mass is 10.1. The predicted octanol–water partition coefficient (Wildman–Crippen LogP) is 2.64. The third kappa shape index (κ3) is 1.52. The summed E-state index contributed by atoms with van der Waals surface area (Å²) in [6.07, 6.45) is 1.58. The van der Waals surface area contributed by atoms with E-state index in [1.54, 1.807) is 36.6 Å². The van der Waals surface area contributed by atoms with Gasteiger partial charge >= 0.3 is 5.97 Å². The summed E-state index contributed by atoms with van der Waals surface area (Å²) in [4.78, 5) is 10.6. The molecule has 1 heterocycles. The predicted molar refractivity (Wildman–Crippen MR) is 51.1 cm³/mol. The van der Waals surface area contributed by atoms with Crippen LogP contribution in [0.3, 0.4) is 0 Å². The molecule has 0 spiro atoms. The average Bonchev–Trinajstić information content (AvgIpc) is 2.71. The number of aromatic carboxylic acids is 1. The summed E-state index contributed by atoms with van der Waals surface area (Å²) < 4.78 is 5.17. The molecular weight excluding hydrogens is 180 g/mol. The van der Waals surface area contributed by atoms with E-state index in [1.165, 1.54) is 0 Å². The standard InChI is InChI=1S/C11H8O3/c12-11(13)9-5-3-8(4-6-9)10-2-1-7-14-10/h1-7H,(H,12,13). The smallest absolute Gasteiger partial charge is 0.335 e. The molecular formula is C11H8O3. The Kier molecular flexibility index (Phi) is 2.07. The van der Waals surface area contributed by atoms with Crippen molar-refractivity contribution in [3.05, 3.63) is 48.2 Å². The van der Waals surface area contributed by atoms with Gasteiger partial charge in [-0.2, -0.15) is 0 Å². The van der Waals surface area contributed by atoms with Crippen molar-refractivity contribution in [2.75, 3.05) is 0 Å². The summed E-state index contributed by atoms with van der Waals surface area (Å²) >= 11 is 0. The zero-order chi connectivity index (χ0) is 9.97. The van der Waals surface area contributed by atoms with Crippen LogP contribution in [-0.2, 0) is 0 Å². The van der Waals surface area contributed by atoms with Crippen LogP contribution >= 0.6 is 0 Å². The highest BCUT2D eigenvalue weighted by Crippen LogP contribution is 2.19. The molecule has 1 aromatic carbocycles. The van der Waals surface area contributed by atoms with E-state index in [9.17, 15) is 4.79 Å². The molecule has 3 nitrogen and oxygen atoms in total. The molecule has 0 aliphatic carbocycles. The van der Waals surface area contributed by atoms with Crippen LogP contribution < -0.4 is 0 Å². The zero-order valence-corrected chi connectivity index (χ0v) is 7.31.